The highest BCUT2D eigenvalue weighted by molar-refractivity contribution is 6.30. The number of rotatable bonds is 4. The molecule has 2 aromatic carbocycles. The van der Waals surface area contributed by atoms with E-state index < -0.39 is 11.9 Å². The Morgan fingerprint density at radius 1 is 1.25 bits per heavy atom. The van der Waals surface area contributed by atoms with Crippen molar-refractivity contribution in [3.63, 3.8) is 0 Å². The van der Waals surface area contributed by atoms with Gasteiger partial charge in [-0.15, -0.1) is 0 Å². The molecule has 0 saturated heterocycles. The number of ether oxygens (including phenoxy) is 1. The minimum Gasteiger partial charge on any atom is -0.496 e. The topological polar surface area (TPSA) is 29.5 Å². The highest BCUT2D eigenvalue weighted by Crippen LogP contribution is 2.29. The lowest BCUT2D eigenvalue weighted by atomic mass is 9.99. The predicted molar refractivity (Wildman–Crippen MR) is 77.8 cm³/mol. The first kappa shape index (κ1) is 14.8. The summed E-state index contributed by atoms with van der Waals surface area (Å²) in [4.78, 5) is 0. The van der Waals surface area contributed by atoms with Crippen LogP contribution in [0.25, 0.3) is 0 Å². The summed E-state index contributed by atoms with van der Waals surface area (Å²) in [6.45, 7) is 1.96. The molecule has 0 spiro atoms. The molecule has 20 heavy (non-hydrogen) atoms. The molecule has 0 amide bonds. The van der Waals surface area contributed by atoms with Crippen LogP contribution in [0.3, 0.4) is 0 Å². The lowest BCUT2D eigenvalue weighted by molar-refractivity contribution is 0.174. The molecular formula is C16H16ClFO2. The molecule has 106 valence electrons. The summed E-state index contributed by atoms with van der Waals surface area (Å²) >= 11 is 5.74. The molecule has 1 atom stereocenters. The zero-order chi connectivity index (χ0) is 14.7. The molecule has 0 bridgehead atoms. The van der Waals surface area contributed by atoms with E-state index >= 15 is 0 Å². The number of benzene rings is 2. The van der Waals surface area contributed by atoms with Crippen molar-refractivity contribution in [1.82, 2.24) is 0 Å². The maximum absolute atomic E-state index is 13.1. The van der Waals surface area contributed by atoms with E-state index in [9.17, 15) is 9.50 Å². The Hall–Kier alpha value is -1.58. The van der Waals surface area contributed by atoms with Crippen LogP contribution in [-0.2, 0) is 6.42 Å². The van der Waals surface area contributed by atoms with Gasteiger partial charge in [0, 0.05) is 12.0 Å². The largest absolute Gasteiger partial charge is 0.496 e. The quantitative estimate of drug-likeness (QED) is 0.921. The molecule has 0 fully saturated rings. The highest BCUT2D eigenvalue weighted by atomic mass is 35.5. The van der Waals surface area contributed by atoms with Gasteiger partial charge in [0.05, 0.1) is 18.2 Å². The van der Waals surface area contributed by atoms with Gasteiger partial charge in [0.2, 0.25) is 0 Å². The fraction of sp³-hybridized carbons (Fsp3) is 0.250. The van der Waals surface area contributed by atoms with E-state index in [0.29, 0.717) is 17.7 Å². The Balaban J connectivity index is 2.23. The van der Waals surface area contributed by atoms with Gasteiger partial charge < -0.3 is 9.84 Å². The van der Waals surface area contributed by atoms with E-state index in [2.05, 4.69) is 0 Å². The normalized spacial score (nSPS) is 12.2. The molecule has 0 saturated carbocycles. The van der Waals surface area contributed by atoms with Crippen LogP contribution in [-0.4, -0.2) is 12.2 Å². The first-order valence-electron chi connectivity index (χ1n) is 6.28. The monoisotopic (exact) mass is 294 g/mol. The second-order valence-electron chi connectivity index (χ2n) is 4.71. The smallest absolute Gasteiger partial charge is 0.141 e. The Morgan fingerprint density at radius 2 is 2.00 bits per heavy atom. The van der Waals surface area contributed by atoms with Gasteiger partial charge in [0.25, 0.3) is 0 Å². The van der Waals surface area contributed by atoms with Gasteiger partial charge in [-0.3, -0.25) is 0 Å². The third-order valence-electron chi connectivity index (χ3n) is 3.16. The van der Waals surface area contributed by atoms with Gasteiger partial charge in [0.15, 0.2) is 0 Å². The Labute approximate surface area is 122 Å². The minimum absolute atomic E-state index is 0.0607. The van der Waals surface area contributed by atoms with Gasteiger partial charge in [-0.05, 0) is 36.2 Å². The summed E-state index contributed by atoms with van der Waals surface area (Å²) in [6, 6.07) is 10.1. The lowest BCUT2D eigenvalue weighted by Gasteiger charge is -2.15. The summed E-state index contributed by atoms with van der Waals surface area (Å²) in [7, 11) is 1.57. The average Bonchev–Trinajstić information content (AvgIpc) is 2.42. The molecule has 0 heterocycles. The van der Waals surface area contributed by atoms with Crippen molar-refractivity contribution >= 4 is 11.6 Å². The van der Waals surface area contributed by atoms with Crippen molar-refractivity contribution in [3.05, 3.63) is 63.9 Å². The van der Waals surface area contributed by atoms with Crippen LogP contribution in [0.1, 0.15) is 22.8 Å². The van der Waals surface area contributed by atoms with Crippen molar-refractivity contribution in [2.45, 2.75) is 19.4 Å². The molecular weight excluding hydrogens is 279 g/mol. The van der Waals surface area contributed by atoms with Crippen molar-refractivity contribution < 1.29 is 14.2 Å². The van der Waals surface area contributed by atoms with Crippen LogP contribution in [0, 0.1) is 12.7 Å². The van der Waals surface area contributed by atoms with Gasteiger partial charge >= 0.3 is 0 Å². The van der Waals surface area contributed by atoms with Gasteiger partial charge in [-0.1, -0.05) is 29.8 Å². The molecule has 2 nitrogen and oxygen atoms in total. The van der Waals surface area contributed by atoms with E-state index in [1.165, 1.54) is 12.1 Å². The van der Waals surface area contributed by atoms with E-state index in [0.717, 1.165) is 11.1 Å². The third-order valence-corrected chi connectivity index (χ3v) is 3.45. The number of aryl methyl sites for hydroxylation is 1. The summed E-state index contributed by atoms with van der Waals surface area (Å²) in [5.41, 5.74) is 2.53. The van der Waals surface area contributed by atoms with Crippen molar-refractivity contribution in [1.29, 1.82) is 0 Å². The van der Waals surface area contributed by atoms with E-state index in [4.69, 9.17) is 16.3 Å². The van der Waals surface area contributed by atoms with Crippen LogP contribution in [0.5, 0.6) is 5.75 Å². The molecule has 0 aliphatic carbocycles. The second kappa shape index (κ2) is 6.25. The number of halogens is 2. The fourth-order valence-corrected chi connectivity index (χ4v) is 2.30. The zero-order valence-electron chi connectivity index (χ0n) is 11.4. The molecule has 2 aromatic rings. The molecule has 1 N–H and O–H groups in total. The Kier molecular flexibility index (Phi) is 4.63. The second-order valence-corrected chi connectivity index (χ2v) is 5.12. The maximum Gasteiger partial charge on any atom is 0.141 e. The lowest BCUT2D eigenvalue weighted by Crippen LogP contribution is -2.04. The standard InChI is InChI=1S/C16H16ClFO2/c1-10-3-5-12(16(7-10)20-2)15(19)9-11-4-6-14(18)13(17)8-11/h3-8,15,19H,9H2,1-2H3. The van der Waals surface area contributed by atoms with Gasteiger partial charge in [-0.25, -0.2) is 4.39 Å². The van der Waals surface area contributed by atoms with E-state index in [1.54, 1.807) is 13.2 Å². The number of aliphatic hydroxyl groups is 1. The SMILES string of the molecule is COc1cc(C)ccc1C(O)Cc1ccc(F)c(Cl)c1. The van der Waals surface area contributed by atoms with Crippen molar-refractivity contribution in [2.75, 3.05) is 7.11 Å². The molecule has 0 aliphatic rings. The van der Waals surface area contributed by atoms with E-state index in [1.807, 2.05) is 25.1 Å². The Morgan fingerprint density at radius 3 is 2.65 bits per heavy atom. The van der Waals surface area contributed by atoms with Gasteiger partial charge in [0.1, 0.15) is 11.6 Å². The number of methoxy groups -OCH3 is 1. The third kappa shape index (κ3) is 3.30. The number of hydrogen-bond acceptors (Lipinski definition) is 2. The van der Waals surface area contributed by atoms with Crippen molar-refractivity contribution in [2.24, 2.45) is 0 Å². The van der Waals surface area contributed by atoms with Crippen LogP contribution in [0.4, 0.5) is 4.39 Å². The molecule has 0 aliphatic heterocycles. The van der Waals surface area contributed by atoms with Crippen LogP contribution >= 0.6 is 11.6 Å². The summed E-state index contributed by atoms with van der Waals surface area (Å²) < 4.78 is 18.4. The Bertz CT molecular complexity index is 613. The number of hydrogen-bond donors (Lipinski definition) is 1. The minimum atomic E-state index is -0.730. The van der Waals surface area contributed by atoms with Crippen LogP contribution < -0.4 is 4.74 Å². The maximum atomic E-state index is 13.1. The average molecular weight is 295 g/mol. The predicted octanol–water partition coefficient (Wildman–Crippen LogP) is 4.07. The molecule has 4 heteroatoms. The molecule has 1 unspecified atom stereocenters. The first-order valence-corrected chi connectivity index (χ1v) is 6.65. The fourth-order valence-electron chi connectivity index (χ4n) is 2.09. The first-order chi connectivity index (χ1) is 9.51. The zero-order valence-corrected chi connectivity index (χ0v) is 12.1. The van der Waals surface area contributed by atoms with Crippen molar-refractivity contribution in [3.8, 4) is 5.75 Å². The summed E-state index contributed by atoms with van der Waals surface area (Å²) in [5, 5.41) is 10.4. The van der Waals surface area contributed by atoms with E-state index in [-0.39, 0.29) is 5.02 Å². The molecule has 2 rings (SSSR count). The summed E-state index contributed by atoms with van der Waals surface area (Å²) in [5.74, 6) is 0.184. The molecule has 0 radical (unpaired) electrons. The number of aliphatic hydroxyl groups excluding tert-OH is 1. The summed E-state index contributed by atoms with van der Waals surface area (Å²) in [6.07, 6.45) is -0.383. The highest BCUT2D eigenvalue weighted by Gasteiger charge is 2.14. The van der Waals surface area contributed by atoms with Crippen LogP contribution in [0.2, 0.25) is 5.02 Å². The molecule has 0 aromatic heterocycles. The van der Waals surface area contributed by atoms with Gasteiger partial charge in [-0.2, -0.15) is 0 Å². The van der Waals surface area contributed by atoms with Crippen LogP contribution in [0.15, 0.2) is 36.4 Å².